The minimum atomic E-state index is -0.734. The largest absolute Gasteiger partial charge is 0.504 e. The SMILES string of the molecule is COC(=O)C(=Cc1ccc(O)c(O)c1)NC(=O)c1ccccc1. The average molecular weight is 313 g/mol. The minimum Gasteiger partial charge on any atom is -0.504 e. The van der Waals surface area contributed by atoms with Gasteiger partial charge >= 0.3 is 5.97 Å². The van der Waals surface area contributed by atoms with Gasteiger partial charge in [0.15, 0.2) is 11.5 Å². The number of ether oxygens (including phenoxy) is 1. The quantitative estimate of drug-likeness (QED) is 0.456. The predicted octanol–water partition coefficient (Wildman–Crippen LogP) is 2.04. The summed E-state index contributed by atoms with van der Waals surface area (Å²) in [6.07, 6.45) is 1.34. The van der Waals surface area contributed by atoms with Gasteiger partial charge in [-0.1, -0.05) is 24.3 Å². The molecule has 2 rings (SSSR count). The van der Waals surface area contributed by atoms with Gasteiger partial charge < -0.3 is 20.3 Å². The first kappa shape index (κ1) is 16.1. The molecule has 0 heterocycles. The average Bonchev–Trinajstić information content (AvgIpc) is 2.57. The van der Waals surface area contributed by atoms with Gasteiger partial charge in [-0.05, 0) is 35.9 Å². The van der Waals surface area contributed by atoms with E-state index in [4.69, 9.17) is 0 Å². The molecule has 0 unspecified atom stereocenters. The molecule has 6 heteroatoms. The van der Waals surface area contributed by atoms with Gasteiger partial charge in [0, 0.05) is 5.56 Å². The van der Waals surface area contributed by atoms with Crippen LogP contribution in [0.25, 0.3) is 6.08 Å². The number of hydrogen-bond acceptors (Lipinski definition) is 5. The monoisotopic (exact) mass is 313 g/mol. The zero-order chi connectivity index (χ0) is 16.8. The van der Waals surface area contributed by atoms with Crippen molar-refractivity contribution in [2.45, 2.75) is 0 Å². The predicted molar refractivity (Wildman–Crippen MR) is 83.7 cm³/mol. The molecule has 6 nitrogen and oxygen atoms in total. The number of aromatic hydroxyl groups is 2. The van der Waals surface area contributed by atoms with Crippen LogP contribution in [-0.2, 0) is 9.53 Å². The van der Waals surface area contributed by atoms with Crippen LogP contribution < -0.4 is 5.32 Å². The Kier molecular flexibility index (Phi) is 4.99. The second kappa shape index (κ2) is 7.13. The number of methoxy groups -OCH3 is 1. The first-order valence-corrected chi connectivity index (χ1v) is 6.69. The third-order valence-corrected chi connectivity index (χ3v) is 3.00. The molecule has 0 atom stereocenters. The van der Waals surface area contributed by atoms with E-state index in [1.165, 1.54) is 31.4 Å². The Hall–Kier alpha value is -3.28. The zero-order valence-electron chi connectivity index (χ0n) is 12.3. The molecule has 118 valence electrons. The fourth-order valence-electron chi connectivity index (χ4n) is 1.84. The summed E-state index contributed by atoms with van der Waals surface area (Å²) in [5.74, 6) is -1.82. The molecule has 2 aromatic carbocycles. The number of phenolic OH excluding ortho intramolecular Hbond substituents is 2. The lowest BCUT2D eigenvalue weighted by atomic mass is 10.1. The summed E-state index contributed by atoms with van der Waals surface area (Å²) in [4.78, 5) is 24.0. The third-order valence-electron chi connectivity index (χ3n) is 3.00. The maximum atomic E-state index is 12.1. The van der Waals surface area contributed by atoms with E-state index in [0.29, 0.717) is 11.1 Å². The molecule has 23 heavy (non-hydrogen) atoms. The second-order valence-corrected chi connectivity index (χ2v) is 4.62. The summed E-state index contributed by atoms with van der Waals surface area (Å²) < 4.78 is 4.64. The normalized spacial score (nSPS) is 10.9. The van der Waals surface area contributed by atoms with Crippen molar-refractivity contribution in [3.8, 4) is 11.5 Å². The molecule has 0 radical (unpaired) electrons. The van der Waals surface area contributed by atoms with Gasteiger partial charge in [-0.3, -0.25) is 4.79 Å². The number of benzene rings is 2. The molecule has 0 spiro atoms. The van der Waals surface area contributed by atoms with Gasteiger partial charge in [-0.2, -0.15) is 0 Å². The molecule has 0 aliphatic carbocycles. The molecule has 2 aromatic rings. The Morgan fingerprint density at radius 3 is 2.35 bits per heavy atom. The van der Waals surface area contributed by atoms with Crippen molar-refractivity contribution >= 4 is 18.0 Å². The number of nitrogens with one attached hydrogen (secondary N) is 1. The lowest BCUT2D eigenvalue weighted by Crippen LogP contribution is -2.28. The minimum absolute atomic E-state index is 0.0913. The Labute approximate surface area is 132 Å². The fourth-order valence-corrected chi connectivity index (χ4v) is 1.84. The van der Waals surface area contributed by atoms with Crippen LogP contribution >= 0.6 is 0 Å². The molecule has 0 fully saturated rings. The molecule has 0 saturated carbocycles. The molecule has 0 bridgehead atoms. The lowest BCUT2D eigenvalue weighted by molar-refractivity contribution is -0.136. The van der Waals surface area contributed by atoms with E-state index in [9.17, 15) is 19.8 Å². The number of carbonyl (C=O) groups excluding carboxylic acids is 2. The van der Waals surface area contributed by atoms with Crippen LogP contribution in [0.4, 0.5) is 0 Å². The highest BCUT2D eigenvalue weighted by atomic mass is 16.5. The molecule has 1 amide bonds. The van der Waals surface area contributed by atoms with Crippen LogP contribution in [0.3, 0.4) is 0 Å². The van der Waals surface area contributed by atoms with Crippen molar-refractivity contribution in [3.63, 3.8) is 0 Å². The second-order valence-electron chi connectivity index (χ2n) is 4.62. The van der Waals surface area contributed by atoms with Gasteiger partial charge in [-0.25, -0.2) is 4.79 Å². The number of carbonyl (C=O) groups is 2. The van der Waals surface area contributed by atoms with Gasteiger partial charge in [-0.15, -0.1) is 0 Å². The van der Waals surface area contributed by atoms with Crippen LogP contribution in [0.1, 0.15) is 15.9 Å². The standard InChI is InChI=1S/C17H15NO5/c1-23-17(22)13(9-11-7-8-14(19)15(20)10-11)18-16(21)12-5-3-2-4-6-12/h2-10,19-20H,1H3,(H,18,21). The number of hydrogen-bond donors (Lipinski definition) is 3. The Morgan fingerprint density at radius 1 is 1.04 bits per heavy atom. The molecular weight excluding hydrogens is 298 g/mol. The molecule has 0 aliphatic heterocycles. The van der Waals surface area contributed by atoms with Crippen LogP contribution in [0, 0.1) is 0 Å². The summed E-state index contributed by atoms with van der Waals surface area (Å²) >= 11 is 0. The van der Waals surface area contributed by atoms with E-state index in [-0.39, 0.29) is 17.2 Å². The third kappa shape index (κ3) is 4.10. The number of phenols is 2. The molecular formula is C17H15NO5. The molecule has 3 N–H and O–H groups in total. The highest BCUT2D eigenvalue weighted by molar-refractivity contribution is 6.03. The van der Waals surface area contributed by atoms with Crippen molar-refractivity contribution < 1.29 is 24.5 Å². The zero-order valence-corrected chi connectivity index (χ0v) is 12.3. The number of esters is 1. The lowest BCUT2D eigenvalue weighted by Gasteiger charge is -2.08. The van der Waals surface area contributed by atoms with Gasteiger partial charge in [0.25, 0.3) is 5.91 Å². The van der Waals surface area contributed by atoms with Crippen molar-refractivity contribution in [1.82, 2.24) is 5.32 Å². The summed E-state index contributed by atoms with van der Waals surface area (Å²) in [7, 11) is 1.19. The first-order valence-electron chi connectivity index (χ1n) is 6.69. The molecule has 0 aromatic heterocycles. The van der Waals surface area contributed by atoms with Crippen LogP contribution in [0.2, 0.25) is 0 Å². The van der Waals surface area contributed by atoms with E-state index in [0.717, 1.165) is 0 Å². The summed E-state index contributed by atoms with van der Waals surface area (Å²) in [5, 5.41) is 21.3. The van der Waals surface area contributed by atoms with Gasteiger partial charge in [0.05, 0.1) is 7.11 Å². The highest BCUT2D eigenvalue weighted by Crippen LogP contribution is 2.25. The van der Waals surface area contributed by atoms with E-state index in [1.807, 2.05) is 0 Å². The maximum absolute atomic E-state index is 12.1. The Morgan fingerprint density at radius 2 is 1.74 bits per heavy atom. The van der Waals surface area contributed by atoms with E-state index >= 15 is 0 Å². The Balaban J connectivity index is 2.30. The smallest absolute Gasteiger partial charge is 0.354 e. The van der Waals surface area contributed by atoms with Crippen molar-refractivity contribution in [2.24, 2.45) is 0 Å². The Bertz CT molecular complexity index is 753. The highest BCUT2D eigenvalue weighted by Gasteiger charge is 2.15. The summed E-state index contributed by atoms with van der Waals surface area (Å²) in [6, 6.07) is 12.4. The molecule has 0 saturated heterocycles. The van der Waals surface area contributed by atoms with Gasteiger partial charge in [0.1, 0.15) is 5.70 Å². The fraction of sp³-hybridized carbons (Fsp3) is 0.0588. The molecule has 0 aliphatic rings. The summed E-state index contributed by atoms with van der Waals surface area (Å²) in [5.41, 5.74) is 0.705. The van der Waals surface area contributed by atoms with E-state index in [1.54, 1.807) is 30.3 Å². The van der Waals surface area contributed by atoms with Crippen molar-refractivity contribution in [1.29, 1.82) is 0 Å². The van der Waals surface area contributed by atoms with Crippen LogP contribution in [0.5, 0.6) is 11.5 Å². The van der Waals surface area contributed by atoms with Crippen molar-refractivity contribution in [2.75, 3.05) is 7.11 Å². The van der Waals surface area contributed by atoms with Crippen molar-refractivity contribution in [3.05, 3.63) is 65.4 Å². The van der Waals surface area contributed by atoms with Crippen LogP contribution in [0.15, 0.2) is 54.2 Å². The summed E-state index contributed by atoms with van der Waals surface area (Å²) in [6.45, 7) is 0. The number of amides is 1. The van der Waals surface area contributed by atoms with E-state index in [2.05, 4.69) is 10.1 Å². The maximum Gasteiger partial charge on any atom is 0.354 e. The first-order chi connectivity index (χ1) is 11.0. The van der Waals surface area contributed by atoms with E-state index < -0.39 is 11.9 Å². The van der Waals surface area contributed by atoms with Gasteiger partial charge in [0.2, 0.25) is 0 Å². The topological polar surface area (TPSA) is 95.9 Å². The number of rotatable bonds is 4. The van der Waals surface area contributed by atoms with Crippen LogP contribution in [-0.4, -0.2) is 29.2 Å².